The molecule has 3 aromatic carbocycles. The van der Waals surface area contributed by atoms with Crippen LogP contribution < -0.4 is 4.90 Å². The van der Waals surface area contributed by atoms with Gasteiger partial charge in [0.15, 0.2) is 0 Å². The van der Waals surface area contributed by atoms with E-state index in [1.807, 2.05) is 31.2 Å². The molecular formula is C22H18FNO2. The minimum Gasteiger partial charge on any atom is -0.508 e. The number of phenolic OH excluding ortho intramolecular Hbond substituents is 1. The van der Waals surface area contributed by atoms with E-state index in [0.29, 0.717) is 12.0 Å². The highest BCUT2D eigenvalue weighted by Gasteiger charge is 2.34. The van der Waals surface area contributed by atoms with Gasteiger partial charge in [-0.05, 0) is 60.0 Å². The van der Waals surface area contributed by atoms with Gasteiger partial charge in [0.25, 0.3) is 5.91 Å². The summed E-state index contributed by atoms with van der Waals surface area (Å²) in [4.78, 5) is 15.0. The second-order valence-corrected chi connectivity index (χ2v) is 6.39. The number of carbonyl (C=O) groups is 1. The first-order valence-electron chi connectivity index (χ1n) is 8.61. The first-order chi connectivity index (χ1) is 12.6. The maximum atomic E-state index is 13.9. The molecule has 1 atom stereocenters. The van der Waals surface area contributed by atoms with Gasteiger partial charge in [-0.3, -0.25) is 4.79 Å². The number of fused-ring (bicyclic) bond motifs is 3. The third-order valence-corrected chi connectivity index (χ3v) is 4.86. The van der Waals surface area contributed by atoms with Crippen molar-refractivity contribution in [1.29, 1.82) is 0 Å². The summed E-state index contributed by atoms with van der Waals surface area (Å²) in [5, 5.41) is 9.50. The average molecular weight is 347 g/mol. The minimum absolute atomic E-state index is 0.111. The number of amides is 1. The summed E-state index contributed by atoms with van der Waals surface area (Å²) in [6.07, 6.45) is 0.661. The predicted octanol–water partition coefficient (Wildman–Crippen LogP) is 5.31. The summed E-state index contributed by atoms with van der Waals surface area (Å²) < 4.78 is 13.9. The largest absolute Gasteiger partial charge is 0.508 e. The summed E-state index contributed by atoms with van der Waals surface area (Å²) in [6.45, 7) is 1.99. The molecule has 0 bridgehead atoms. The summed E-state index contributed by atoms with van der Waals surface area (Å²) in [6, 6.07) is 18.4. The van der Waals surface area contributed by atoms with E-state index in [4.69, 9.17) is 0 Å². The smallest absolute Gasteiger partial charge is 0.258 e. The van der Waals surface area contributed by atoms with Gasteiger partial charge in [0.1, 0.15) is 11.6 Å². The summed E-state index contributed by atoms with van der Waals surface area (Å²) >= 11 is 0. The van der Waals surface area contributed by atoms with Gasteiger partial charge in [0, 0.05) is 11.1 Å². The lowest BCUT2D eigenvalue weighted by Gasteiger charge is -2.38. The number of carbonyl (C=O) groups excluding carboxylic acids is 1. The highest BCUT2D eigenvalue weighted by Crippen LogP contribution is 2.46. The van der Waals surface area contributed by atoms with Crippen molar-refractivity contribution in [2.75, 3.05) is 4.90 Å². The van der Waals surface area contributed by atoms with E-state index < -0.39 is 0 Å². The molecular weight excluding hydrogens is 329 g/mol. The van der Waals surface area contributed by atoms with Gasteiger partial charge >= 0.3 is 0 Å². The Hall–Kier alpha value is -3.14. The molecule has 0 fully saturated rings. The molecule has 4 heteroatoms. The monoisotopic (exact) mass is 347 g/mol. The van der Waals surface area contributed by atoms with E-state index in [2.05, 4.69) is 0 Å². The Labute approximate surface area is 151 Å². The molecule has 1 aliphatic heterocycles. The Bertz CT molecular complexity index is 982. The first kappa shape index (κ1) is 16.3. The van der Waals surface area contributed by atoms with Crippen LogP contribution in [0.5, 0.6) is 5.75 Å². The molecule has 0 saturated heterocycles. The van der Waals surface area contributed by atoms with E-state index >= 15 is 0 Å². The zero-order valence-electron chi connectivity index (χ0n) is 14.3. The van der Waals surface area contributed by atoms with Crippen LogP contribution in [0.15, 0.2) is 66.7 Å². The molecule has 1 heterocycles. The number of hydrogen-bond donors (Lipinski definition) is 1. The van der Waals surface area contributed by atoms with Crippen LogP contribution in [0.4, 0.5) is 10.1 Å². The molecule has 0 aromatic heterocycles. The number of phenols is 1. The molecule has 26 heavy (non-hydrogen) atoms. The number of benzene rings is 3. The summed E-state index contributed by atoms with van der Waals surface area (Å²) in [5.41, 5.74) is 3.99. The first-order valence-corrected chi connectivity index (χ1v) is 8.61. The minimum atomic E-state index is -0.307. The van der Waals surface area contributed by atoms with E-state index in [1.54, 1.807) is 23.1 Å². The average Bonchev–Trinajstić information content (AvgIpc) is 2.66. The number of halogens is 1. The zero-order valence-corrected chi connectivity index (χ0v) is 14.3. The Balaban J connectivity index is 1.91. The van der Waals surface area contributed by atoms with Crippen molar-refractivity contribution in [3.05, 3.63) is 83.7 Å². The number of aromatic hydroxyl groups is 1. The maximum absolute atomic E-state index is 13.9. The summed E-state index contributed by atoms with van der Waals surface area (Å²) in [5.74, 6) is -0.363. The van der Waals surface area contributed by atoms with E-state index in [0.717, 1.165) is 22.4 Å². The second kappa shape index (κ2) is 6.30. The van der Waals surface area contributed by atoms with Gasteiger partial charge in [0.05, 0.1) is 11.7 Å². The van der Waals surface area contributed by atoms with Crippen molar-refractivity contribution in [3.63, 3.8) is 0 Å². The lowest BCUT2D eigenvalue weighted by molar-refractivity contribution is 0.0975. The third kappa shape index (κ3) is 2.54. The van der Waals surface area contributed by atoms with Crippen molar-refractivity contribution in [2.45, 2.75) is 19.4 Å². The van der Waals surface area contributed by atoms with Crippen LogP contribution in [0.25, 0.3) is 11.1 Å². The highest BCUT2D eigenvalue weighted by molar-refractivity contribution is 6.10. The molecule has 0 radical (unpaired) electrons. The Morgan fingerprint density at radius 3 is 2.50 bits per heavy atom. The molecule has 130 valence electrons. The van der Waals surface area contributed by atoms with Gasteiger partial charge in [-0.15, -0.1) is 0 Å². The van der Waals surface area contributed by atoms with Crippen LogP contribution in [0, 0.1) is 5.82 Å². The number of para-hydroxylation sites is 1. The molecule has 1 aliphatic rings. The van der Waals surface area contributed by atoms with E-state index in [1.165, 1.54) is 24.3 Å². The molecule has 3 nitrogen and oxygen atoms in total. The molecule has 0 saturated carbocycles. The molecule has 1 N–H and O–H groups in total. The Morgan fingerprint density at radius 2 is 1.77 bits per heavy atom. The van der Waals surface area contributed by atoms with Crippen molar-refractivity contribution >= 4 is 11.6 Å². The molecule has 1 amide bonds. The lowest BCUT2D eigenvalue weighted by atomic mass is 9.86. The standard InChI is InChI=1S/C22H18FNO2/c1-2-20-19-13-15(23)9-12-17(19)18-5-3-4-6-21(18)24(20)22(26)14-7-10-16(25)11-8-14/h3-13,20,25H,2H2,1H3/t20-/m1/s1. The van der Waals surface area contributed by atoms with Crippen LogP contribution in [0.1, 0.15) is 35.3 Å². The normalized spacial score (nSPS) is 15.3. The quantitative estimate of drug-likeness (QED) is 0.682. The second-order valence-electron chi connectivity index (χ2n) is 6.39. The van der Waals surface area contributed by atoms with Gasteiger partial charge in [-0.2, -0.15) is 0 Å². The van der Waals surface area contributed by atoms with E-state index in [9.17, 15) is 14.3 Å². The van der Waals surface area contributed by atoms with Gasteiger partial charge in [-0.25, -0.2) is 4.39 Å². The number of nitrogens with zero attached hydrogens (tertiary/aromatic N) is 1. The fourth-order valence-corrected chi connectivity index (χ4v) is 3.67. The van der Waals surface area contributed by atoms with Crippen LogP contribution in [-0.4, -0.2) is 11.0 Å². The van der Waals surface area contributed by atoms with Gasteiger partial charge in [-0.1, -0.05) is 31.2 Å². The highest BCUT2D eigenvalue weighted by atomic mass is 19.1. The van der Waals surface area contributed by atoms with Crippen LogP contribution in [-0.2, 0) is 0 Å². The number of rotatable bonds is 2. The molecule has 0 aliphatic carbocycles. The van der Waals surface area contributed by atoms with Crippen LogP contribution >= 0.6 is 0 Å². The van der Waals surface area contributed by atoms with E-state index in [-0.39, 0.29) is 23.5 Å². The van der Waals surface area contributed by atoms with Crippen LogP contribution in [0.2, 0.25) is 0 Å². The number of anilines is 1. The molecule has 0 spiro atoms. The van der Waals surface area contributed by atoms with Gasteiger partial charge < -0.3 is 10.0 Å². The Morgan fingerprint density at radius 1 is 1.04 bits per heavy atom. The number of hydrogen-bond acceptors (Lipinski definition) is 2. The third-order valence-electron chi connectivity index (χ3n) is 4.86. The fourth-order valence-electron chi connectivity index (χ4n) is 3.67. The lowest BCUT2D eigenvalue weighted by Crippen LogP contribution is -2.37. The van der Waals surface area contributed by atoms with Crippen molar-refractivity contribution in [3.8, 4) is 16.9 Å². The van der Waals surface area contributed by atoms with Crippen molar-refractivity contribution in [1.82, 2.24) is 0 Å². The van der Waals surface area contributed by atoms with Crippen molar-refractivity contribution < 1.29 is 14.3 Å². The zero-order chi connectivity index (χ0) is 18.3. The molecule has 3 aromatic rings. The topological polar surface area (TPSA) is 40.5 Å². The predicted molar refractivity (Wildman–Crippen MR) is 99.8 cm³/mol. The molecule has 4 rings (SSSR count). The fraction of sp³-hybridized carbons (Fsp3) is 0.136. The van der Waals surface area contributed by atoms with Gasteiger partial charge in [0.2, 0.25) is 0 Å². The Kier molecular flexibility index (Phi) is 3.96. The SMILES string of the molecule is CC[C@@H]1c2cc(F)ccc2-c2ccccc2N1C(=O)c1ccc(O)cc1. The molecule has 0 unspecified atom stereocenters. The summed E-state index contributed by atoms with van der Waals surface area (Å²) in [7, 11) is 0. The maximum Gasteiger partial charge on any atom is 0.258 e. The van der Waals surface area contributed by atoms with Crippen LogP contribution in [0.3, 0.4) is 0 Å². The van der Waals surface area contributed by atoms with Crippen molar-refractivity contribution in [2.24, 2.45) is 0 Å².